The Morgan fingerprint density at radius 2 is 2.06 bits per heavy atom. The number of methoxy groups -OCH3 is 2. The van der Waals surface area contributed by atoms with E-state index in [0.29, 0.717) is 6.54 Å². The van der Waals surface area contributed by atoms with Crippen LogP contribution < -0.4 is 14.8 Å². The fourth-order valence-corrected chi connectivity index (χ4v) is 2.33. The van der Waals surface area contributed by atoms with Gasteiger partial charge in [-0.15, -0.1) is 0 Å². The first-order valence-corrected chi connectivity index (χ1v) is 5.81. The summed E-state index contributed by atoms with van der Waals surface area (Å²) in [7, 11) is 5.04. The third-order valence-electron chi connectivity index (χ3n) is 3.35. The Morgan fingerprint density at radius 3 is 2.56 bits per heavy atom. The number of hydrogen-bond acceptors (Lipinski definition) is 3. The van der Waals surface area contributed by atoms with Crippen LogP contribution in [-0.4, -0.2) is 38.7 Å². The van der Waals surface area contributed by atoms with Gasteiger partial charge in [-0.2, -0.15) is 0 Å². The monoisotopic (exact) mass is 250 g/mol. The Hall–Kier alpha value is -1.91. The predicted octanol–water partition coefficient (Wildman–Crippen LogP) is 1.71. The van der Waals surface area contributed by atoms with Crippen LogP contribution in [0.2, 0.25) is 0 Å². The van der Waals surface area contributed by atoms with Crippen molar-refractivity contribution in [2.45, 2.75) is 13.0 Å². The van der Waals surface area contributed by atoms with Crippen molar-refractivity contribution in [1.29, 1.82) is 0 Å². The van der Waals surface area contributed by atoms with E-state index in [1.54, 1.807) is 26.2 Å². The maximum absolute atomic E-state index is 11.5. The Labute approximate surface area is 107 Å². The van der Waals surface area contributed by atoms with Crippen LogP contribution in [-0.2, 0) is 0 Å². The first-order chi connectivity index (χ1) is 8.58. The quantitative estimate of drug-likeness (QED) is 0.888. The highest BCUT2D eigenvalue weighted by Gasteiger charge is 2.32. The van der Waals surface area contributed by atoms with Gasteiger partial charge in [0.15, 0.2) is 0 Å². The average molecular weight is 250 g/mol. The molecule has 1 unspecified atom stereocenters. The van der Waals surface area contributed by atoms with E-state index in [2.05, 4.69) is 5.32 Å². The molecule has 2 amide bonds. The molecule has 0 radical (unpaired) electrons. The number of aryl methyl sites for hydroxylation is 1. The van der Waals surface area contributed by atoms with E-state index >= 15 is 0 Å². The van der Waals surface area contributed by atoms with Crippen molar-refractivity contribution in [3.8, 4) is 11.5 Å². The SMILES string of the molecule is COc1cc(C)c(C2CNC(=O)N2C)c(OC)c1. The molecule has 1 heterocycles. The summed E-state index contributed by atoms with van der Waals surface area (Å²) in [5.41, 5.74) is 2.08. The minimum absolute atomic E-state index is 0.00152. The maximum Gasteiger partial charge on any atom is 0.317 e. The molecule has 1 fully saturated rings. The highest BCUT2D eigenvalue weighted by molar-refractivity contribution is 5.77. The second-order valence-electron chi connectivity index (χ2n) is 4.37. The minimum atomic E-state index is -0.0581. The lowest BCUT2D eigenvalue weighted by Gasteiger charge is -2.23. The molecule has 1 aromatic rings. The van der Waals surface area contributed by atoms with Crippen molar-refractivity contribution >= 4 is 6.03 Å². The number of nitrogens with one attached hydrogen (secondary N) is 1. The summed E-state index contributed by atoms with van der Waals surface area (Å²) < 4.78 is 10.6. The van der Waals surface area contributed by atoms with E-state index in [0.717, 1.165) is 22.6 Å². The van der Waals surface area contributed by atoms with Crippen LogP contribution >= 0.6 is 0 Å². The van der Waals surface area contributed by atoms with E-state index in [1.165, 1.54) is 0 Å². The number of carbonyl (C=O) groups is 1. The Kier molecular flexibility index (Phi) is 3.32. The zero-order valence-electron chi connectivity index (χ0n) is 11.1. The molecular formula is C13H18N2O3. The Balaban J connectivity index is 2.47. The molecule has 1 aliphatic heterocycles. The van der Waals surface area contributed by atoms with Gasteiger partial charge in [-0.3, -0.25) is 0 Å². The fraction of sp³-hybridized carbons (Fsp3) is 0.462. The van der Waals surface area contributed by atoms with Crippen LogP contribution in [0.4, 0.5) is 4.79 Å². The molecule has 0 bridgehead atoms. The molecule has 18 heavy (non-hydrogen) atoms. The number of nitrogens with zero attached hydrogens (tertiary/aromatic N) is 1. The van der Waals surface area contributed by atoms with Crippen molar-refractivity contribution in [3.05, 3.63) is 23.3 Å². The van der Waals surface area contributed by atoms with Gasteiger partial charge in [0, 0.05) is 25.2 Å². The Bertz CT molecular complexity index is 474. The largest absolute Gasteiger partial charge is 0.497 e. The highest BCUT2D eigenvalue weighted by atomic mass is 16.5. The molecular weight excluding hydrogens is 232 g/mol. The minimum Gasteiger partial charge on any atom is -0.497 e. The lowest BCUT2D eigenvalue weighted by Crippen LogP contribution is -2.25. The van der Waals surface area contributed by atoms with Gasteiger partial charge in [0.2, 0.25) is 0 Å². The summed E-state index contributed by atoms with van der Waals surface area (Å²) in [6, 6.07) is 3.74. The first-order valence-electron chi connectivity index (χ1n) is 5.81. The van der Waals surface area contributed by atoms with Crippen molar-refractivity contribution < 1.29 is 14.3 Å². The number of rotatable bonds is 3. The summed E-state index contributed by atoms with van der Waals surface area (Å²) in [6.07, 6.45) is 0. The maximum atomic E-state index is 11.5. The molecule has 1 aliphatic rings. The second-order valence-corrected chi connectivity index (χ2v) is 4.37. The smallest absolute Gasteiger partial charge is 0.317 e. The number of carbonyl (C=O) groups excluding carboxylic acids is 1. The average Bonchev–Trinajstić information content (AvgIpc) is 2.69. The molecule has 2 rings (SSSR count). The zero-order chi connectivity index (χ0) is 13.3. The summed E-state index contributed by atoms with van der Waals surface area (Å²) in [5, 5.41) is 2.83. The third kappa shape index (κ3) is 1.96. The van der Waals surface area contributed by atoms with Gasteiger partial charge >= 0.3 is 6.03 Å². The normalized spacial score (nSPS) is 18.8. The van der Waals surface area contributed by atoms with Gasteiger partial charge in [-0.05, 0) is 18.6 Å². The topological polar surface area (TPSA) is 50.8 Å². The van der Waals surface area contributed by atoms with Crippen molar-refractivity contribution in [1.82, 2.24) is 10.2 Å². The van der Waals surface area contributed by atoms with Crippen LogP contribution in [0.25, 0.3) is 0 Å². The zero-order valence-corrected chi connectivity index (χ0v) is 11.1. The van der Waals surface area contributed by atoms with E-state index in [4.69, 9.17) is 9.47 Å². The summed E-state index contributed by atoms with van der Waals surface area (Å²) in [4.78, 5) is 13.2. The number of hydrogen-bond donors (Lipinski definition) is 1. The van der Waals surface area contributed by atoms with Crippen molar-refractivity contribution in [3.63, 3.8) is 0 Å². The van der Waals surface area contributed by atoms with Gasteiger partial charge in [0.25, 0.3) is 0 Å². The van der Waals surface area contributed by atoms with E-state index < -0.39 is 0 Å². The lowest BCUT2D eigenvalue weighted by molar-refractivity contribution is 0.216. The Morgan fingerprint density at radius 1 is 1.33 bits per heavy atom. The molecule has 1 N–H and O–H groups in total. The van der Waals surface area contributed by atoms with Gasteiger partial charge < -0.3 is 19.7 Å². The molecule has 1 aromatic carbocycles. The predicted molar refractivity (Wildman–Crippen MR) is 68.2 cm³/mol. The van der Waals surface area contributed by atoms with Gasteiger partial charge in [0.1, 0.15) is 11.5 Å². The second kappa shape index (κ2) is 4.76. The van der Waals surface area contributed by atoms with E-state index in [9.17, 15) is 4.79 Å². The van der Waals surface area contributed by atoms with Crippen LogP contribution in [0, 0.1) is 6.92 Å². The fourth-order valence-electron chi connectivity index (χ4n) is 2.33. The van der Waals surface area contributed by atoms with Crippen LogP contribution in [0.5, 0.6) is 11.5 Å². The standard InChI is InChI=1S/C13H18N2O3/c1-8-5-9(17-3)6-11(18-4)12(8)10-7-14-13(16)15(10)2/h5-6,10H,7H2,1-4H3,(H,14,16). The number of likely N-dealkylation sites (N-methyl/N-ethyl adjacent to an activating group) is 1. The van der Waals surface area contributed by atoms with Gasteiger partial charge in [-0.25, -0.2) is 4.79 Å². The molecule has 1 atom stereocenters. The molecule has 5 heteroatoms. The van der Waals surface area contributed by atoms with Crippen LogP contribution in [0.3, 0.4) is 0 Å². The molecule has 0 saturated carbocycles. The number of benzene rings is 1. The van der Waals surface area contributed by atoms with Crippen LogP contribution in [0.1, 0.15) is 17.2 Å². The number of amides is 2. The van der Waals surface area contributed by atoms with Crippen LogP contribution in [0.15, 0.2) is 12.1 Å². The first kappa shape index (κ1) is 12.5. The van der Waals surface area contributed by atoms with E-state index in [1.807, 2.05) is 19.1 Å². The molecule has 0 aromatic heterocycles. The number of ether oxygens (including phenoxy) is 2. The van der Waals surface area contributed by atoms with E-state index in [-0.39, 0.29) is 12.1 Å². The van der Waals surface area contributed by atoms with Crippen molar-refractivity contribution in [2.75, 3.05) is 27.8 Å². The van der Waals surface area contributed by atoms with Gasteiger partial charge in [-0.1, -0.05) is 0 Å². The summed E-state index contributed by atoms with van der Waals surface area (Å²) >= 11 is 0. The highest BCUT2D eigenvalue weighted by Crippen LogP contribution is 2.36. The lowest BCUT2D eigenvalue weighted by atomic mass is 9.99. The molecule has 98 valence electrons. The number of urea groups is 1. The molecule has 1 saturated heterocycles. The van der Waals surface area contributed by atoms with Gasteiger partial charge in [0.05, 0.1) is 20.3 Å². The summed E-state index contributed by atoms with van der Waals surface area (Å²) in [6.45, 7) is 2.59. The summed E-state index contributed by atoms with van der Waals surface area (Å²) in [5.74, 6) is 1.51. The molecule has 0 spiro atoms. The van der Waals surface area contributed by atoms with Crippen molar-refractivity contribution in [2.24, 2.45) is 0 Å². The molecule has 5 nitrogen and oxygen atoms in total. The molecule has 0 aliphatic carbocycles. The third-order valence-corrected chi connectivity index (χ3v) is 3.35.